The van der Waals surface area contributed by atoms with Gasteiger partial charge in [-0.25, -0.2) is 0 Å². The average molecular weight is 215 g/mol. The Hall–Kier alpha value is -0.570. The van der Waals surface area contributed by atoms with Gasteiger partial charge in [0.05, 0.1) is 6.10 Å². The second kappa shape index (κ2) is 7.69. The van der Waals surface area contributed by atoms with Crippen molar-refractivity contribution in [2.75, 3.05) is 13.7 Å². The molecule has 1 aliphatic heterocycles. The first-order valence-electron chi connectivity index (χ1n) is 6.01. The zero-order valence-corrected chi connectivity index (χ0v) is 10.7. The Kier molecular flexibility index (Phi) is 7.39. The molecule has 3 heteroatoms. The van der Waals surface area contributed by atoms with E-state index in [1.165, 1.54) is 0 Å². The Morgan fingerprint density at radius 3 is 2.47 bits per heavy atom. The Morgan fingerprint density at radius 2 is 2.07 bits per heavy atom. The topological polar surface area (TPSA) is 29.5 Å². The van der Waals surface area contributed by atoms with E-state index in [9.17, 15) is 4.79 Å². The quantitative estimate of drug-likeness (QED) is 0.708. The average Bonchev–Trinajstić information content (AvgIpc) is 2.30. The normalized spacial score (nSPS) is 25.5. The van der Waals surface area contributed by atoms with Gasteiger partial charge in [0, 0.05) is 26.1 Å². The lowest BCUT2D eigenvalue weighted by atomic mass is 10.0. The number of hydrogen-bond donors (Lipinski definition) is 0. The van der Waals surface area contributed by atoms with Gasteiger partial charge < -0.3 is 9.64 Å². The number of hydrogen-bond acceptors (Lipinski definition) is 2. The van der Waals surface area contributed by atoms with E-state index in [1.54, 1.807) is 7.11 Å². The van der Waals surface area contributed by atoms with Gasteiger partial charge >= 0.3 is 0 Å². The highest BCUT2D eigenvalue weighted by Crippen LogP contribution is 2.19. The smallest absolute Gasteiger partial charge is 0.222 e. The summed E-state index contributed by atoms with van der Waals surface area (Å²) in [4.78, 5) is 13.4. The molecule has 2 unspecified atom stereocenters. The van der Waals surface area contributed by atoms with E-state index < -0.39 is 0 Å². The minimum Gasteiger partial charge on any atom is -0.381 e. The monoisotopic (exact) mass is 215 g/mol. The first-order chi connectivity index (χ1) is 7.19. The minimum absolute atomic E-state index is 0.266. The summed E-state index contributed by atoms with van der Waals surface area (Å²) in [5.41, 5.74) is 0. The molecule has 0 aromatic heterocycles. The number of nitrogens with zero attached hydrogens (tertiary/aromatic N) is 1. The lowest BCUT2D eigenvalue weighted by Gasteiger charge is -2.37. The Bertz CT molecular complexity index is 182. The molecule has 1 saturated heterocycles. The van der Waals surface area contributed by atoms with E-state index in [1.807, 2.05) is 25.7 Å². The van der Waals surface area contributed by atoms with Crippen molar-refractivity contribution in [3.8, 4) is 0 Å². The third-order valence-electron chi connectivity index (χ3n) is 2.78. The van der Waals surface area contributed by atoms with Crippen molar-refractivity contribution in [2.45, 2.75) is 59.1 Å². The molecule has 0 bridgehead atoms. The summed E-state index contributed by atoms with van der Waals surface area (Å²) in [5.74, 6) is 0.266. The molecule has 2 atom stereocenters. The maximum atomic E-state index is 11.5. The molecular formula is C12H25NO2. The van der Waals surface area contributed by atoms with Gasteiger partial charge in [-0.05, 0) is 19.8 Å². The van der Waals surface area contributed by atoms with Gasteiger partial charge in [-0.1, -0.05) is 20.8 Å². The van der Waals surface area contributed by atoms with Crippen LogP contribution >= 0.6 is 0 Å². The largest absolute Gasteiger partial charge is 0.381 e. The van der Waals surface area contributed by atoms with Crippen LogP contribution < -0.4 is 0 Å². The van der Waals surface area contributed by atoms with Crippen LogP contribution in [0.4, 0.5) is 0 Å². The van der Waals surface area contributed by atoms with Crippen LogP contribution in [-0.4, -0.2) is 36.6 Å². The van der Waals surface area contributed by atoms with Crippen molar-refractivity contribution in [3.05, 3.63) is 0 Å². The molecule has 90 valence electrons. The summed E-state index contributed by atoms with van der Waals surface area (Å²) in [6.45, 7) is 8.86. The fraction of sp³-hybridized carbons (Fsp3) is 0.917. The number of piperidine rings is 1. The zero-order chi connectivity index (χ0) is 11.8. The van der Waals surface area contributed by atoms with E-state index in [-0.39, 0.29) is 5.91 Å². The first kappa shape index (κ1) is 14.4. The molecule has 0 radical (unpaired) electrons. The maximum absolute atomic E-state index is 11.5. The predicted molar refractivity (Wildman–Crippen MR) is 62.8 cm³/mol. The molecule has 1 rings (SSSR count). The standard InChI is InChI=1S/C10H19NO2.C2H6/c1-4-10(12)11-6-5-9(13-3)7-8(11)2;1-2/h8-9H,4-7H2,1-3H3;1-2H3. The van der Waals surface area contributed by atoms with Crippen LogP contribution in [0.25, 0.3) is 0 Å². The lowest BCUT2D eigenvalue weighted by Crippen LogP contribution is -2.46. The highest BCUT2D eigenvalue weighted by molar-refractivity contribution is 5.76. The van der Waals surface area contributed by atoms with E-state index in [0.29, 0.717) is 18.6 Å². The number of carbonyl (C=O) groups is 1. The summed E-state index contributed by atoms with van der Waals surface area (Å²) in [5, 5.41) is 0. The molecule has 1 aliphatic rings. The van der Waals surface area contributed by atoms with Crippen molar-refractivity contribution in [1.29, 1.82) is 0 Å². The fourth-order valence-electron chi connectivity index (χ4n) is 1.92. The summed E-state index contributed by atoms with van der Waals surface area (Å²) in [6.07, 6.45) is 2.91. The molecule has 1 heterocycles. The van der Waals surface area contributed by atoms with Gasteiger partial charge in [0.2, 0.25) is 5.91 Å². The molecule has 0 aliphatic carbocycles. The number of ether oxygens (including phenoxy) is 1. The van der Waals surface area contributed by atoms with Crippen molar-refractivity contribution in [1.82, 2.24) is 4.90 Å². The third kappa shape index (κ3) is 4.20. The maximum Gasteiger partial charge on any atom is 0.222 e. The molecule has 0 spiro atoms. The van der Waals surface area contributed by atoms with Crippen LogP contribution in [0.1, 0.15) is 47.0 Å². The molecule has 1 amide bonds. The van der Waals surface area contributed by atoms with Crippen molar-refractivity contribution >= 4 is 5.91 Å². The molecule has 0 aromatic rings. The summed E-state index contributed by atoms with van der Waals surface area (Å²) < 4.78 is 5.29. The van der Waals surface area contributed by atoms with Gasteiger partial charge in [0.1, 0.15) is 0 Å². The molecule has 0 saturated carbocycles. The Labute approximate surface area is 93.8 Å². The highest BCUT2D eigenvalue weighted by atomic mass is 16.5. The number of amides is 1. The van der Waals surface area contributed by atoms with Crippen LogP contribution in [0, 0.1) is 0 Å². The zero-order valence-electron chi connectivity index (χ0n) is 10.7. The number of rotatable bonds is 2. The minimum atomic E-state index is 0.266. The summed E-state index contributed by atoms with van der Waals surface area (Å²) in [7, 11) is 1.74. The molecule has 0 N–H and O–H groups in total. The van der Waals surface area contributed by atoms with Crippen molar-refractivity contribution in [3.63, 3.8) is 0 Å². The van der Waals surface area contributed by atoms with E-state index in [0.717, 1.165) is 19.4 Å². The molecular weight excluding hydrogens is 190 g/mol. The second-order valence-corrected chi connectivity index (χ2v) is 3.67. The lowest BCUT2D eigenvalue weighted by molar-refractivity contribution is -0.136. The van der Waals surface area contributed by atoms with Crippen LogP contribution in [0.15, 0.2) is 0 Å². The van der Waals surface area contributed by atoms with Gasteiger partial charge in [-0.2, -0.15) is 0 Å². The van der Waals surface area contributed by atoms with Gasteiger partial charge in [0.15, 0.2) is 0 Å². The van der Waals surface area contributed by atoms with E-state index in [4.69, 9.17) is 4.74 Å². The van der Waals surface area contributed by atoms with Gasteiger partial charge in [-0.15, -0.1) is 0 Å². The predicted octanol–water partition coefficient (Wildman–Crippen LogP) is 2.45. The van der Waals surface area contributed by atoms with Crippen LogP contribution in [-0.2, 0) is 9.53 Å². The molecule has 0 aromatic carbocycles. The Balaban J connectivity index is 0.000000921. The highest BCUT2D eigenvalue weighted by Gasteiger charge is 2.27. The summed E-state index contributed by atoms with van der Waals surface area (Å²) in [6, 6.07) is 0.339. The van der Waals surface area contributed by atoms with Crippen molar-refractivity contribution < 1.29 is 9.53 Å². The third-order valence-corrected chi connectivity index (χ3v) is 2.78. The molecule has 1 fully saturated rings. The molecule has 3 nitrogen and oxygen atoms in total. The van der Waals surface area contributed by atoms with Crippen LogP contribution in [0.5, 0.6) is 0 Å². The van der Waals surface area contributed by atoms with Gasteiger partial charge in [0.25, 0.3) is 0 Å². The van der Waals surface area contributed by atoms with Crippen molar-refractivity contribution in [2.24, 2.45) is 0 Å². The number of likely N-dealkylation sites (tertiary alicyclic amines) is 1. The fourth-order valence-corrected chi connectivity index (χ4v) is 1.92. The van der Waals surface area contributed by atoms with E-state index in [2.05, 4.69) is 6.92 Å². The first-order valence-corrected chi connectivity index (χ1v) is 6.01. The SMILES string of the molecule is CC.CCC(=O)N1CCC(OC)CC1C. The Morgan fingerprint density at radius 1 is 1.47 bits per heavy atom. The van der Waals surface area contributed by atoms with E-state index >= 15 is 0 Å². The number of methoxy groups -OCH3 is 1. The molecule has 15 heavy (non-hydrogen) atoms. The van der Waals surface area contributed by atoms with Crippen LogP contribution in [0.2, 0.25) is 0 Å². The van der Waals surface area contributed by atoms with Gasteiger partial charge in [-0.3, -0.25) is 4.79 Å². The second-order valence-electron chi connectivity index (χ2n) is 3.67. The number of carbonyl (C=O) groups excluding carboxylic acids is 1. The summed E-state index contributed by atoms with van der Waals surface area (Å²) >= 11 is 0. The van der Waals surface area contributed by atoms with Crippen LogP contribution in [0.3, 0.4) is 0 Å².